The Kier molecular flexibility index (Phi) is 4.62. The molecule has 0 aromatic heterocycles. The van der Waals surface area contributed by atoms with Crippen molar-refractivity contribution in [3.8, 4) is 6.07 Å². The molecule has 1 aromatic carbocycles. The smallest absolute Gasteiger partial charge is 0.101 e. The number of hydrogen-bond acceptors (Lipinski definition) is 3. The van der Waals surface area contributed by atoms with Gasteiger partial charge in [0.05, 0.1) is 11.3 Å². The average molecular weight is 308 g/mol. The molecule has 1 aliphatic heterocycles. The lowest BCUT2D eigenvalue weighted by Crippen LogP contribution is -2.34. The summed E-state index contributed by atoms with van der Waals surface area (Å²) in [4.78, 5) is 2.21. The Balaban J connectivity index is 2.08. The fourth-order valence-electron chi connectivity index (χ4n) is 2.48. The highest BCUT2D eigenvalue weighted by atomic mass is 79.9. The van der Waals surface area contributed by atoms with Gasteiger partial charge >= 0.3 is 0 Å². The monoisotopic (exact) mass is 307 g/mol. The van der Waals surface area contributed by atoms with Crippen LogP contribution in [0.25, 0.3) is 0 Å². The SMILES string of the molecule is CN(CC1CCNCC1)c1ccc(Br)cc1C#N. The fourth-order valence-corrected chi connectivity index (χ4v) is 2.84. The molecule has 0 spiro atoms. The van der Waals surface area contributed by atoms with Gasteiger partial charge in [-0.05, 0) is 50.0 Å². The van der Waals surface area contributed by atoms with E-state index in [1.165, 1.54) is 12.8 Å². The van der Waals surface area contributed by atoms with Gasteiger partial charge < -0.3 is 10.2 Å². The van der Waals surface area contributed by atoms with E-state index >= 15 is 0 Å². The van der Waals surface area contributed by atoms with E-state index in [0.717, 1.165) is 41.3 Å². The van der Waals surface area contributed by atoms with Crippen molar-refractivity contribution in [3.05, 3.63) is 28.2 Å². The van der Waals surface area contributed by atoms with Crippen LogP contribution < -0.4 is 10.2 Å². The first-order valence-corrected chi connectivity index (χ1v) is 7.11. The first kappa shape index (κ1) is 13.4. The van der Waals surface area contributed by atoms with Gasteiger partial charge in [-0.3, -0.25) is 0 Å². The second-order valence-electron chi connectivity index (χ2n) is 4.85. The summed E-state index contributed by atoms with van der Waals surface area (Å²) in [5.41, 5.74) is 1.76. The highest BCUT2D eigenvalue weighted by Crippen LogP contribution is 2.25. The second kappa shape index (κ2) is 6.21. The van der Waals surface area contributed by atoms with Crippen molar-refractivity contribution in [2.45, 2.75) is 12.8 Å². The molecule has 0 radical (unpaired) electrons. The fraction of sp³-hybridized carbons (Fsp3) is 0.500. The molecule has 3 nitrogen and oxygen atoms in total. The van der Waals surface area contributed by atoms with Gasteiger partial charge in [0.15, 0.2) is 0 Å². The van der Waals surface area contributed by atoms with E-state index in [1.54, 1.807) is 0 Å². The number of nitrogens with zero attached hydrogens (tertiary/aromatic N) is 2. The van der Waals surface area contributed by atoms with Crippen LogP contribution in [0.1, 0.15) is 18.4 Å². The van der Waals surface area contributed by atoms with Gasteiger partial charge in [0, 0.05) is 18.1 Å². The zero-order chi connectivity index (χ0) is 13.0. The maximum atomic E-state index is 9.19. The topological polar surface area (TPSA) is 39.1 Å². The van der Waals surface area contributed by atoms with E-state index in [1.807, 2.05) is 18.2 Å². The quantitative estimate of drug-likeness (QED) is 0.933. The van der Waals surface area contributed by atoms with Gasteiger partial charge in [-0.1, -0.05) is 15.9 Å². The van der Waals surface area contributed by atoms with Crippen molar-refractivity contribution in [1.82, 2.24) is 5.32 Å². The second-order valence-corrected chi connectivity index (χ2v) is 5.76. The maximum absolute atomic E-state index is 9.19. The van der Waals surface area contributed by atoms with Gasteiger partial charge in [0.1, 0.15) is 6.07 Å². The number of piperidine rings is 1. The molecule has 18 heavy (non-hydrogen) atoms. The van der Waals surface area contributed by atoms with E-state index in [9.17, 15) is 5.26 Å². The summed E-state index contributed by atoms with van der Waals surface area (Å²) in [5.74, 6) is 0.728. The van der Waals surface area contributed by atoms with Crippen LogP contribution in [0.15, 0.2) is 22.7 Å². The van der Waals surface area contributed by atoms with E-state index in [2.05, 4.69) is 39.3 Å². The van der Waals surface area contributed by atoms with Crippen LogP contribution in [0.5, 0.6) is 0 Å². The lowest BCUT2D eigenvalue weighted by Gasteiger charge is -2.29. The van der Waals surface area contributed by atoms with Crippen molar-refractivity contribution in [2.24, 2.45) is 5.92 Å². The van der Waals surface area contributed by atoms with Crippen LogP contribution in [0.2, 0.25) is 0 Å². The molecule has 0 bridgehead atoms. The van der Waals surface area contributed by atoms with Crippen molar-refractivity contribution >= 4 is 21.6 Å². The van der Waals surface area contributed by atoms with Gasteiger partial charge in [-0.2, -0.15) is 5.26 Å². The number of nitriles is 1. The number of anilines is 1. The summed E-state index contributed by atoms with van der Waals surface area (Å²) < 4.78 is 0.957. The van der Waals surface area contributed by atoms with E-state index in [4.69, 9.17) is 0 Å². The van der Waals surface area contributed by atoms with E-state index in [-0.39, 0.29) is 0 Å². The average Bonchev–Trinajstić information content (AvgIpc) is 2.39. The molecule has 0 amide bonds. The molecule has 1 aliphatic rings. The lowest BCUT2D eigenvalue weighted by molar-refractivity contribution is 0.378. The van der Waals surface area contributed by atoms with Crippen LogP contribution in [0.4, 0.5) is 5.69 Å². The van der Waals surface area contributed by atoms with Crippen molar-refractivity contribution in [3.63, 3.8) is 0 Å². The Morgan fingerprint density at radius 2 is 2.17 bits per heavy atom. The minimum atomic E-state index is 0.728. The molecular weight excluding hydrogens is 290 g/mol. The minimum Gasteiger partial charge on any atom is -0.373 e. The molecular formula is C14H18BrN3. The van der Waals surface area contributed by atoms with Crippen molar-refractivity contribution < 1.29 is 0 Å². The summed E-state index contributed by atoms with van der Waals surface area (Å²) in [5, 5.41) is 12.6. The van der Waals surface area contributed by atoms with Crippen molar-refractivity contribution in [1.29, 1.82) is 5.26 Å². The first-order chi connectivity index (χ1) is 8.70. The predicted molar refractivity (Wildman–Crippen MR) is 77.7 cm³/mol. The zero-order valence-corrected chi connectivity index (χ0v) is 12.2. The predicted octanol–water partition coefficient (Wildman–Crippen LogP) is 2.76. The van der Waals surface area contributed by atoms with Crippen LogP contribution in [-0.2, 0) is 0 Å². The van der Waals surface area contributed by atoms with Crippen LogP contribution in [-0.4, -0.2) is 26.7 Å². The maximum Gasteiger partial charge on any atom is 0.101 e. The molecule has 96 valence electrons. The molecule has 0 atom stereocenters. The largest absolute Gasteiger partial charge is 0.373 e. The Bertz CT molecular complexity index is 447. The van der Waals surface area contributed by atoms with Crippen LogP contribution >= 0.6 is 15.9 Å². The highest BCUT2D eigenvalue weighted by molar-refractivity contribution is 9.10. The molecule has 0 saturated carbocycles. The van der Waals surface area contributed by atoms with Crippen LogP contribution in [0.3, 0.4) is 0 Å². The third-order valence-electron chi connectivity index (χ3n) is 3.48. The molecule has 2 rings (SSSR count). The normalized spacial score (nSPS) is 16.3. The van der Waals surface area contributed by atoms with Gasteiger partial charge in [-0.25, -0.2) is 0 Å². The third kappa shape index (κ3) is 3.24. The summed E-state index contributed by atoms with van der Waals surface area (Å²) in [6, 6.07) is 8.17. The van der Waals surface area contributed by atoms with Gasteiger partial charge in [0.25, 0.3) is 0 Å². The highest BCUT2D eigenvalue weighted by Gasteiger charge is 2.16. The number of benzene rings is 1. The molecule has 1 fully saturated rings. The Hall–Kier alpha value is -1.05. The summed E-state index contributed by atoms with van der Waals surface area (Å²) in [6.07, 6.45) is 2.45. The number of nitrogens with one attached hydrogen (secondary N) is 1. The van der Waals surface area contributed by atoms with Gasteiger partial charge in [-0.15, -0.1) is 0 Å². The number of halogens is 1. The standard InChI is InChI=1S/C14H18BrN3/c1-18(10-11-4-6-17-7-5-11)14-3-2-13(15)8-12(14)9-16/h2-3,8,11,17H,4-7,10H2,1H3. The lowest BCUT2D eigenvalue weighted by atomic mass is 9.97. The molecule has 1 aromatic rings. The summed E-state index contributed by atoms with van der Waals surface area (Å²) in [6.45, 7) is 3.26. The Labute approximate surface area is 117 Å². The Morgan fingerprint density at radius 3 is 2.83 bits per heavy atom. The minimum absolute atomic E-state index is 0.728. The van der Waals surface area contributed by atoms with E-state index in [0.29, 0.717) is 0 Å². The summed E-state index contributed by atoms with van der Waals surface area (Å²) in [7, 11) is 2.08. The zero-order valence-electron chi connectivity index (χ0n) is 10.6. The van der Waals surface area contributed by atoms with Crippen LogP contribution in [0, 0.1) is 17.2 Å². The molecule has 4 heteroatoms. The first-order valence-electron chi connectivity index (χ1n) is 6.32. The number of hydrogen-bond donors (Lipinski definition) is 1. The summed E-state index contributed by atoms with van der Waals surface area (Å²) >= 11 is 3.41. The molecule has 1 saturated heterocycles. The van der Waals surface area contributed by atoms with Gasteiger partial charge in [0.2, 0.25) is 0 Å². The third-order valence-corrected chi connectivity index (χ3v) is 3.97. The number of rotatable bonds is 3. The molecule has 1 heterocycles. The van der Waals surface area contributed by atoms with Crippen molar-refractivity contribution in [2.75, 3.05) is 31.6 Å². The Morgan fingerprint density at radius 1 is 1.44 bits per heavy atom. The molecule has 0 unspecified atom stereocenters. The molecule has 0 aliphatic carbocycles. The molecule has 1 N–H and O–H groups in total. The van der Waals surface area contributed by atoms with E-state index < -0.39 is 0 Å².